The first-order valence-corrected chi connectivity index (χ1v) is 12.1. The van der Waals surface area contributed by atoms with E-state index < -0.39 is 16.0 Å². The van der Waals surface area contributed by atoms with Crippen LogP contribution in [0, 0.1) is 0 Å². The lowest BCUT2D eigenvalue weighted by molar-refractivity contribution is 0.0696. The number of benzene rings is 4. The molecule has 0 amide bonds. The number of carboxylic acid groups (broad SMARTS) is 1. The zero-order valence-corrected chi connectivity index (χ0v) is 19.0. The molecule has 2 N–H and O–H groups in total. The molecule has 0 unspecified atom stereocenters. The number of anilines is 1. The molecule has 4 aromatic rings. The maximum absolute atomic E-state index is 13.2. The molecule has 7 nitrogen and oxygen atoms in total. The number of nitrogens with one attached hydrogen (secondary N) is 1. The molecule has 0 fully saturated rings. The molecule has 0 atom stereocenters. The highest BCUT2D eigenvalue weighted by molar-refractivity contribution is 7.90. The first kappa shape index (κ1) is 22.2. The molecule has 0 heterocycles. The van der Waals surface area contributed by atoms with Crippen LogP contribution >= 0.6 is 0 Å². The Morgan fingerprint density at radius 1 is 0.800 bits per heavy atom. The van der Waals surface area contributed by atoms with E-state index in [1.807, 2.05) is 24.3 Å². The molecule has 5 rings (SSSR count). The van der Waals surface area contributed by atoms with Gasteiger partial charge in [-0.3, -0.25) is 4.79 Å². The third-order valence-electron chi connectivity index (χ3n) is 5.62. The molecule has 1 aliphatic rings. The highest BCUT2D eigenvalue weighted by Gasteiger charge is 2.26. The molecule has 8 heteroatoms. The average molecular weight is 483 g/mol. The van der Waals surface area contributed by atoms with Crippen molar-refractivity contribution in [1.29, 1.82) is 0 Å². The summed E-state index contributed by atoms with van der Waals surface area (Å²) in [5.41, 5.74) is 1.55. The van der Waals surface area contributed by atoms with E-state index in [0.717, 1.165) is 10.8 Å². The zero-order chi connectivity index (χ0) is 24.6. The number of hydrogen-bond donors (Lipinski definition) is 2. The first-order valence-electron chi connectivity index (χ1n) is 10.6. The summed E-state index contributed by atoms with van der Waals surface area (Å²) in [6, 6.07) is 24.8. The van der Waals surface area contributed by atoms with Gasteiger partial charge in [-0.05, 0) is 53.2 Å². The summed E-state index contributed by atoms with van der Waals surface area (Å²) in [5, 5.41) is 13.7. The molecule has 4 aromatic carbocycles. The third-order valence-corrected chi connectivity index (χ3v) is 6.91. The van der Waals surface area contributed by atoms with Crippen molar-refractivity contribution in [2.45, 2.75) is 4.90 Å². The number of ketones is 1. The fraction of sp³-hybridized carbons (Fsp3) is 0. The fourth-order valence-electron chi connectivity index (χ4n) is 3.86. The number of Topliss-reactive ketones (excluding diaryl/α,β-unsaturated/α-hetero) is 1. The Bertz CT molecular complexity index is 1670. The maximum atomic E-state index is 13.2. The number of allylic oxidation sites excluding steroid dienone is 2. The zero-order valence-electron chi connectivity index (χ0n) is 18.2. The van der Waals surface area contributed by atoms with Gasteiger partial charge >= 0.3 is 5.97 Å². The summed E-state index contributed by atoms with van der Waals surface area (Å²) in [6.07, 6.45) is 1.40. The number of carbonyl (C=O) groups is 2. The number of hydrogen-bond acceptors (Lipinski definition) is 5. The highest BCUT2D eigenvalue weighted by atomic mass is 32.2. The Labute approximate surface area is 201 Å². The Hall–Kier alpha value is -4.56. The van der Waals surface area contributed by atoms with Gasteiger partial charge in [0, 0.05) is 16.8 Å². The van der Waals surface area contributed by atoms with Gasteiger partial charge in [0.15, 0.2) is 0 Å². The summed E-state index contributed by atoms with van der Waals surface area (Å²) in [7, 11) is -4.08. The van der Waals surface area contributed by atoms with Gasteiger partial charge in [-0.25, -0.2) is 4.79 Å². The lowest BCUT2D eigenvalue weighted by Gasteiger charge is -2.19. The highest BCUT2D eigenvalue weighted by Crippen LogP contribution is 2.26. The molecule has 0 saturated heterocycles. The number of carboxylic acids is 1. The monoisotopic (exact) mass is 482 g/mol. The Balaban J connectivity index is 1.57. The van der Waals surface area contributed by atoms with E-state index >= 15 is 0 Å². The molecule has 0 aliphatic heterocycles. The minimum Gasteiger partial charge on any atom is -0.478 e. The van der Waals surface area contributed by atoms with Gasteiger partial charge < -0.3 is 10.4 Å². The lowest BCUT2D eigenvalue weighted by atomic mass is 9.92. The Kier molecular flexibility index (Phi) is 5.50. The predicted molar refractivity (Wildman–Crippen MR) is 134 cm³/mol. The van der Waals surface area contributed by atoms with E-state index in [-0.39, 0.29) is 27.7 Å². The van der Waals surface area contributed by atoms with E-state index in [9.17, 15) is 18.0 Å². The van der Waals surface area contributed by atoms with Crippen molar-refractivity contribution >= 4 is 43.9 Å². The number of fused-ring (bicyclic) bond motifs is 2. The minimum atomic E-state index is -4.08. The Morgan fingerprint density at radius 2 is 1.46 bits per heavy atom. The van der Waals surface area contributed by atoms with Crippen LogP contribution in [-0.2, 0) is 10.0 Å². The van der Waals surface area contributed by atoms with Crippen LogP contribution in [0.1, 0.15) is 26.3 Å². The van der Waals surface area contributed by atoms with Gasteiger partial charge in [0.2, 0.25) is 5.78 Å². The number of sulfonamides is 1. The number of carbonyl (C=O) groups excluding carboxylic acids is 1. The molecule has 35 heavy (non-hydrogen) atoms. The van der Waals surface area contributed by atoms with Gasteiger partial charge in [-0.1, -0.05) is 54.6 Å². The molecule has 0 saturated carbocycles. The van der Waals surface area contributed by atoms with Crippen molar-refractivity contribution in [2.75, 3.05) is 5.32 Å². The van der Waals surface area contributed by atoms with Crippen LogP contribution in [-0.4, -0.2) is 31.0 Å². The third kappa shape index (κ3) is 4.34. The van der Waals surface area contributed by atoms with E-state index in [1.54, 1.807) is 36.4 Å². The minimum absolute atomic E-state index is 0.0465. The lowest BCUT2D eigenvalue weighted by Crippen LogP contribution is -2.22. The van der Waals surface area contributed by atoms with Crippen LogP contribution in [0.2, 0.25) is 0 Å². The van der Waals surface area contributed by atoms with Crippen molar-refractivity contribution < 1.29 is 23.1 Å². The summed E-state index contributed by atoms with van der Waals surface area (Å²) in [4.78, 5) is 24.2. The fourth-order valence-corrected chi connectivity index (χ4v) is 4.89. The molecule has 0 spiro atoms. The number of nitrogens with zero attached hydrogens (tertiary/aromatic N) is 1. The van der Waals surface area contributed by atoms with Gasteiger partial charge in [0.25, 0.3) is 10.0 Å². The molecule has 1 aliphatic carbocycles. The van der Waals surface area contributed by atoms with Gasteiger partial charge in [-0.2, -0.15) is 12.8 Å². The topological polar surface area (TPSA) is 113 Å². The average Bonchev–Trinajstić information content (AvgIpc) is 2.86. The van der Waals surface area contributed by atoms with Crippen LogP contribution in [0.15, 0.2) is 112 Å². The summed E-state index contributed by atoms with van der Waals surface area (Å²) < 4.78 is 30.5. The summed E-state index contributed by atoms with van der Waals surface area (Å²) >= 11 is 0. The maximum Gasteiger partial charge on any atom is 0.335 e. The van der Waals surface area contributed by atoms with Crippen LogP contribution in [0.25, 0.3) is 10.8 Å². The quantitative estimate of drug-likeness (QED) is 0.418. The van der Waals surface area contributed by atoms with E-state index in [2.05, 4.69) is 9.71 Å². The number of rotatable bonds is 5. The first-order chi connectivity index (χ1) is 16.8. The predicted octanol–water partition coefficient (Wildman–Crippen LogP) is 4.91. The molecule has 0 aromatic heterocycles. The van der Waals surface area contributed by atoms with E-state index in [0.29, 0.717) is 16.8 Å². The number of aromatic carboxylic acids is 1. The van der Waals surface area contributed by atoms with Crippen LogP contribution in [0.4, 0.5) is 5.69 Å². The Morgan fingerprint density at radius 3 is 2.17 bits per heavy atom. The SMILES string of the molecule is O=C(O)c1ccc(NC2=C/C(=N/S(=O)(=O)c3ccc4ccccc4c3)c3ccccc3C2=O)cc1. The van der Waals surface area contributed by atoms with Crippen molar-refractivity contribution in [3.63, 3.8) is 0 Å². The van der Waals surface area contributed by atoms with Gasteiger partial charge in [0.05, 0.1) is 21.9 Å². The standard InChI is InChI=1S/C27H18N2O5S/c30-26-23-8-4-3-7-22(23)24(16-25(26)28-20-12-9-18(10-13-20)27(31)32)29-35(33,34)21-14-11-17-5-1-2-6-19(17)15-21/h1-16,28H,(H,31,32)/b29-24-. The second-order valence-electron chi connectivity index (χ2n) is 7.90. The largest absolute Gasteiger partial charge is 0.478 e. The molecule has 172 valence electrons. The molecule has 0 bridgehead atoms. The van der Waals surface area contributed by atoms with E-state index in [4.69, 9.17) is 5.11 Å². The van der Waals surface area contributed by atoms with Gasteiger partial charge in [-0.15, -0.1) is 0 Å². The van der Waals surface area contributed by atoms with Gasteiger partial charge in [0.1, 0.15) is 0 Å². The van der Waals surface area contributed by atoms with Crippen LogP contribution < -0.4 is 5.32 Å². The van der Waals surface area contributed by atoms with Crippen molar-refractivity contribution in [2.24, 2.45) is 4.40 Å². The van der Waals surface area contributed by atoms with Crippen LogP contribution in [0.5, 0.6) is 0 Å². The summed E-state index contributed by atoms with van der Waals surface area (Å²) in [6.45, 7) is 0. The normalized spacial score (nSPS) is 14.5. The van der Waals surface area contributed by atoms with Crippen LogP contribution in [0.3, 0.4) is 0 Å². The van der Waals surface area contributed by atoms with Crippen molar-refractivity contribution in [3.05, 3.63) is 119 Å². The molecule has 0 radical (unpaired) electrons. The molecular formula is C27H18N2O5S. The smallest absolute Gasteiger partial charge is 0.335 e. The van der Waals surface area contributed by atoms with Crippen molar-refractivity contribution in [1.82, 2.24) is 0 Å². The summed E-state index contributed by atoms with van der Waals surface area (Å²) in [5.74, 6) is -1.39. The van der Waals surface area contributed by atoms with Crippen molar-refractivity contribution in [3.8, 4) is 0 Å². The second-order valence-corrected chi connectivity index (χ2v) is 9.50. The van der Waals surface area contributed by atoms with E-state index in [1.165, 1.54) is 36.4 Å². The second kappa shape index (κ2) is 8.66. The molecular weight excluding hydrogens is 464 g/mol.